The van der Waals surface area contributed by atoms with Gasteiger partial charge >= 0.3 is 0 Å². The molecule has 0 atom stereocenters. The van der Waals surface area contributed by atoms with E-state index >= 15 is 0 Å². The van der Waals surface area contributed by atoms with Gasteiger partial charge in [0.25, 0.3) is 0 Å². The average Bonchev–Trinajstić information content (AvgIpc) is 4.02. The highest BCUT2D eigenvalue weighted by Crippen LogP contribution is 2.44. The molecule has 14 aromatic rings. The van der Waals surface area contributed by atoms with Crippen LogP contribution < -0.4 is 0 Å². The van der Waals surface area contributed by atoms with E-state index < -0.39 is 0 Å². The summed E-state index contributed by atoms with van der Waals surface area (Å²) in [5, 5.41) is 13.6. The maximum absolute atomic E-state index is 6.81. The minimum absolute atomic E-state index is 0.567. The Kier molecular flexibility index (Phi) is 7.02. The fourth-order valence-corrected chi connectivity index (χ4v) is 9.83. The zero-order valence-electron chi connectivity index (χ0n) is 33.6. The van der Waals surface area contributed by atoms with Crippen LogP contribution in [-0.2, 0) is 0 Å². The number of para-hydroxylation sites is 1. The smallest absolute Gasteiger partial charge is 0.164 e. The summed E-state index contributed by atoms with van der Waals surface area (Å²) in [7, 11) is 0. The number of fused-ring (bicyclic) bond motifs is 14. The van der Waals surface area contributed by atoms with Crippen LogP contribution in [0, 0.1) is 0 Å². The molecular formula is C57H32N4O2. The lowest BCUT2D eigenvalue weighted by molar-refractivity contribution is 0.669. The van der Waals surface area contributed by atoms with Gasteiger partial charge in [-0.25, -0.2) is 15.0 Å². The average molecular weight is 805 g/mol. The van der Waals surface area contributed by atoms with E-state index in [0.29, 0.717) is 17.5 Å². The van der Waals surface area contributed by atoms with Gasteiger partial charge in [-0.2, -0.15) is 0 Å². The molecule has 0 aliphatic heterocycles. The number of hydrogen-bond acceptors (Lipinski definition) is 5. The predicted octanol–water partition coefficient (Wildman–Crippen LogP) is 15.2. The molecule has 14 rings (SSSR count). The Morgan fingerprint density at radius 1 is 0.317 bits per heavy atom. The molecule has 6 heteroatoms. The van der Waals surface area contributed by atoms with E-state index in [-0.39, 0.29) is 0 Å². The van der Waals surface area contributed by atoms with Crippen LogP contribution >= 0.6 is 0 Å². The van der Waals surface area contributed by atoms with E-state index in [0.717, 1.165) is 82.5 Å². The van der Waals surface area contributed by atoms with Crippen LogP contribution in [0.15, 0.2) is 203 Å². The van der Waals surface area contributed by atoms with E-state index in [1.54, 1.807) is 0 Å². The zero-order chi connectivity index (χ0) is 41.2. The van der Waals surface area contributed by atoms with Crippen molar-refractivity contribution in [2.24, 2.45) is 0 Å². The van der Waals surface area contributed by atoms with Gasteiger partial charge in [-0.3, -0.25) is 0 Å². The predicted molar refractivity (Wildman–Crippen MR) is 258 cm³/mol. The van der Waals surface area contributed by atoms with Gasteiger partial charge in [0.15, 0.2) is 17.5 Å². The van der Waals surface area contributed by atoms with Crippen molar-refractivity contribution in [1.29, 1.82) is 0 Å². The molecule has 63 heavy (non-hydrogen) atoms. The lowest BCUT2D eigenvalue weighted by Crippen LogP contribution is -2.00. The van der Waals surface area contributed by atoms with Crippen LogP contribution in [0.25, 0.3) is 138 Å². The maximum atomic E-state index is 6.81. The summed E-state index contributed by atoms with van der Waals surface area (Å²) in [5.41, 5.74) is 9.32. The molecular weight excluding hydrogens is 773 g/mol. The molecule has 0 amide bonds. The number of aromatic nitrogens is 4. The molecule has 0 aliphatic rings. The van der Waals surface area contributed by atoms with Crippen molar-refractivity contribution < 1.29 is 8.83 Å². The van der Waals surface area contributed by atoms with Gasteiger partial charge in [0.1, 0.15) is 22.3 Å². The molecule has 0 saturated carbocycles. The highest BCUT2D eigenvalue weighted by Gasteiger charge is 2.22. The van der Waals surface area contributed by atoms with Crippen LogP contribution in [0.1, 0.15) is 0 Å². The minimum atomic E-state index is 0.567. The second-order valence-corrected chi connectivity index (χ2v) is 16.3. The van der Waals surface area contributed by atoms with Crippen molar-refractivity contribution in [3.63, 3.8) is 0 Å². The van der Waals surface area contributed by atoms with Crippen molar-refractivity contribution >= 4 is 98.0 Å². The Hall–Kier alpha value is -8.61. The van der Waals surface area contributed by atoms with Crippen LogP contribution in [0.5, 0.6) is 0 Å². The van der Waals surface area contributed by atoms with Gasteiger partial charge in [-0.15, -0.1) is 0 Å². The highest BCUT2D eigenvalue weighted by molar-refractivity contribution is 6.23. The standard InChI is InChI=1S/C57H32N4O2/c1-2-13-34(14-3-1)55-58-56(60-57(59-55)38-23-25-42-41-19-10-11-21-50(41)62-52(42)31-38)37-24-27-51-46(29-37)47-32-49(40-18-8-9-20-44(40)54(47)63-51)61-48-30-36-16-5-4-15-35(36)28-45(48)43-26-22-33-12-6-7-17-39(33)53(43)61/h1-32H. The minimum Gasteiger partial charge on any atom is -0.456 e. The molecule has 0 radical (unpaired) electrons. The molecule has 0 aliphatic carbocycles. The number of rotatable bonds is 4. The molecule has 4 aromatic heterocycles. The molecule has 0 bridgehead atoms. The summed E-state index contributed by atoms with van der Waals surface area (Å²) in [6.07, 6.45) is 0. The maximum Gasteiger partial charge on any atom is 0.164 e. The van der Waals surface area contributed by atoms with Crippen molar-refractivity contribution in [3.8, 4) is 39.9 Å². The van der Waals surface area contributed by atoms with Gasteiger partial charge in [0.2, 0.25) is 0 Å². The van der Waals surface area contributed by atoms with E-state index in [4.69, 9.17) is 23.8 Å². The first kappa shape index (κ1) is 34.1. The summed E-state index contributed by atoms with van der Waals surface area (Å²) in [4.78, 5) is 15.3. The monoisotopic (exact) mass is 804 g/mol. The third-order valence-electron chi connectivity index (χ3n) is 12.8. The molecule has 0 unspecified atom stereocenters. The first-order valence-electron chi connectivity index (χ1n) is 21.2. The summed E-state index contributed by atoms with van der Waals surface area (Å²) >= 11 is 0. The van der Waals surface area contributed by atoms with E-state index in [2.05, 4.69) is 132 Å². The SMILES string of the molecule is c1ccc(-c2nc(-c3ccc4c(c3)oc3ccccc34)nc(-c3ccc4oc5c6ccccc6c(-n6c7cc8ccccc8cc7c7ccc8ccccc8c76)cc5c4c3)n2)cc1. The Bertz CT molecular complexity index is 4220. The number of nitrogens with zero attached hydrogens (tertiary/aromatic N) is 4. The first-order valence-corrected chi connectivity index (χ1v) is 21.2. The van der Waals surface area contributed by atoms with Gasteiger partial charge in [-0.1, -0.05) is 140 Å². The zero-order valence-corrected chi connectivity index (χ0v) is 33.6. The van der Waals surface area contributed by atoms with Gasteiger partial charge < -0.3 is 13.4 Å². The summed E-state index contributed by atoms with van der Waals surface area (Å²) in [5.74, 6) is 1.73. The van der Waals surface area contributed by atoms with Crippen LogP contribution in [0.4, 0.5) is 0 Å². The lowest BCUT2D eigenvalue weighted by atomic mass is 10.0. The summed E-state index contributed by atoms with van der Waals surface area (Å²) in [6.45, 7) is 0. The quantitative estimate of drug-likeness (QED) is 0.177. The second-order valence-electron chi connectivity index (χ2n) is 16.3. The fraction of sp³-hybridized carbons (Fsp3) is 0. The van der Waals surface area contributed by atoms with Crippen LogP contribution in [0.2, 0.25) is 0 Å². The Balaban J connectivity index is 1.02. The lowest BCUT2D eigenvalue weighted by Gasteiger charge is -2.14. The Labute approximate surface area is 358 Å². The van der Waals surface area contributed by atoms with Gasteiger partial charge in [0, 0.05) is 65.2 Å². The molecule has 4 heterocycles. The fourth-order valence-electron chi connectivity index (χ4n) is 9.83. The third kappa shape index (κ3) is 5.09. The topological polar surface area (TPSA) is 69.9 Å². The second kappa shape index (κ2) is 12.9. The van der Waals surface area contributed by atoms with E-state index in [9.17, 15) is 0 Å². The molecule has 10 aromatic carbocycles. The van der Waals surface area contributed by atoms with Gasteiger partial charge in [0.05, 0.1) is 16.7 Å². The normalized spacial score (nSPS) is 12.1. The van der Waals surface area contributed by atoms with Crippen molar-refractivity contribution in [3.05, 3.63) is 194 Å². The van der Waals surface area contributed by atoms with Crippen LogP contribution in [0.3, 0.4) is 0 Å². The molecule has 292 valence electrons. The Morgan fingerprint density at radius 2 is 0.921 bits per heavy atom. The summed E-state index contributed by atoms with van der Waals surface area (Å²) < 4.78 is 15.6. The molecule has 0 saturated heterocycles. The van der Waals surface area contributed by atoms with Crippen molar-refractivity contribution in [1.82, 2.24) is 19.5 Å². The molecule has 6 nitrogen and oxygen atoms in total. The van der Waals surface area contributed by atoms with E-state index in [1.807, 2.05) is 66.7 Å². The van der Waals surface area contributed by atoms with Crippen molar-refractivity contribution in [2.45, 2.75) is 0 Å². The van der Waals surface area contributed by atoms with E-state index in [1.165, 1.54) is 37.8 Å². The number of hydrogen-bond donors (Lipinski definition) is 0. The molecule has 0 spiro atoms. The molecule has 0 N–H and O–H groups in total. The number of furan rings is 2. The molecule has 0 fully saturated rings. The van der Waals surface area contributed by atoms with Gasteiger partial charge in [-0.05, 0) is 70.8 Å². The highest BCUT2D eigenvalue weighted by atomic mass is 16.3. The largest absolute Gasteiger partial charge is 0.456 e. The number of benzene rings is 10. The Morgan fingerprint density at radius 3 is 1.75 bits per heavy atom. The van der Waals surface area contributed by atoms with Crippen molar-refractivity contribution in [2.75, 3.05) is 0 Å². The first-order chi connectivity index (χ1) is 31.2. The summed E-state index contributed by atoms with van der Waals surface area (Å²) in [6, 6.07) is 68.1. The third-order valence-corrected chi connectivity index (χ3v) is 12.8. The van der Waals surface area contributed by atoms with Crippen LogP contribution in [-0.4, -0.2) is 19.5 Å².